The van der Waals surface area contributed by atoms with Gasteiger partial charge in [0.25, 0.3) is 0 Å². The van der Waals surface area contributed by atoms with Crippen molar-refractivity contribution >= 4 is 13.3 Å². The number of rotatable bonds is 5. The second-order valence-corrected chi connectivity index (χ2v) is 15.1. The molecule has 1 nitrogen and oxygen atoms in total. The van der Waals surface area contributed by atoms with Gasteiger partial charge in [0.2, 0.25) is 5.69 Å². The molecule has 0 saturated carbocycles. The zero-order valence-electron chi connectivity index (χ0n) is 21.9. The molecule has 5 heteroatoms. The van der Waals surface area contributed by atoms with Crippen LogP contribution in [-0.4, -0.2) is 14.3 Å². The molecule has 0 N–H and O–H groups in total. The van der Waals surface area contributed by atoms with Crippen LogP contribution in [0.2, 0.25) is 19.6 Å². The Hall–Kier alpha value is -2.40. The van der Waals surface area contributed by atoms with Crippen molar-refractivity contribution in [1.82, 2.24) is 0 Å². The second kappa shape index (κ2) is 8.51. The summed E-state index contributed by atoms with van der Waals surface area (Å²) in [6.45, 7) is 10.5. The lowest BCUT2D eigenvalue weighted by atomic mass is 9.81. The third kappa shape index (κ3) is 4.98. The molecule has 0 radical (unpaired) electrons. The summed E-state index contributed by atoms with van der Waals surface area (Å²) in [5, 5.41) is 1.31. The van der Waals surface area contributed by atoms with Crippen molar-refractivity contribution in [2.45, 2.75) is 53.0 Å². The van der Waals surface area contributed by atoms with Crippen molar-refractivity contribution in [2.75, 3.05) is 0 Å². The summed E-state index contributed by atoms with van der Waals surface area (Å²) in [4.78, 5) is 0. The monoisotopic (exact) mass is 458 g/mol. The number of pyridine rings is 1. The van der Waals surface area contributed by atoms with E-state index in [9.17, 15) is 13.2 Å². The number of hydrogen-bond acceptors (Lipinski definition) is 0. The van der Waals surface area contributed by atoms with E-state index in [4.69, 9.17) is 2.74 Å². The third-order valence-electron chi connectivity index (χ3n) is 5.88. The minimum absolute atomic E-state index is 0.0450. The lowest BCUT2D eigenvalue weighted by molar-refractivity contribution is -0.659. The van der Waals surface area contributed by atoms with E-state index in [1.165, 1.54) is 5.19 Å². The molecule has 0 atom stereocenters. The van der Waals surface area contributed by atoms with Crippen molar-refractivity contribution in [2.24, 2.45) is 12.5 Å². The van der Waals surface area contributed by atoms with E-state index in [0.29, 0.717) is 11.1 Å². The normalized spacial score (nSPS) is 14.2. The number of nitrogens with zero attached hydrogens (tertiary/aromatic N) is 1. The molecular formula is C27H33F3NSi+. The fourth-order valence-corrected chi connectivity index (χ4v) is 4.85. The fourth-order valence-electron chi connectivity index (χ4n) is 3.68. The number of alkyl halides is 3. The highest BCUT2D eigenvalue weighted by atomic mass is 28.3. The van der Waals surface area contributed by atoms with E-state index >= 15 is 0 Å². The standard InChI is InChI=1S/C27H33F3NSi/c1-19-15-21(17-26(2,3)27(28,29)30)24(20-11-9-8-10-12-20)16-23(19)25-14-13-22(18-31(25)4)32(5,6)7/h8-16,18H,17H2,1-7H3/q+1/i17D2. The van der Waals surface area contributed by atoms with E-state index in [2.05, 4.69) is 42.5 Å². The predicted octanol–water partition coefficient (Wildman–Crippen LogP) is 6.83. The summed E-state index contributed by atoms with van der Waals surface area (Å²) in [6.07, 6.45) is -5.23. The van der Waals surface area contributed by atoms with E-state index in [-0.39, 0.29) is 5.56 Å². The molecule has 0 bridgehead atoms. The van der Waals surface area contributed by atoms with Gasteiger partial charge in [-0.25, -0.2) is 4.57 Å². The molecule has 0 fully saturated rings. The summed E-state index contributed by atoms with van der Waals surface area (Å²) in [5.74, 6) is 0. The molecule has 170 valence electrons. The molecule has 1 heterocycles. The van der Waals surface area contributed by atoms with Gasteiger partial charge in [-0.2, -0.15) is 13.2 Å². The zero-order chi connectivity index (χ0) is 25.7. The molecule has 0 amide bonds. The van der Waals surface area contributed by atoms with Gasteiger partial charge in [-0.1, -0.05) is 76.0 Å². The van der Waals surface area contributed by atoms with Gasteiger partial charge in [0.15, 0.2) is 6.20 Å². The summed E-state index contributed by atoms with van der Waals surface area (Å²) in [6, 6.07) is 16.7. The Morgan fingerprint density at radius 3 is 2.09 bits per heavy atom. The zero-order valence-corrected chi connectivity index (χ0v) is 20.9. The molecule has 0 saturated heterocycles. The smallest absolute Gasteiger partial charge is 0.201 e. The van der Waals surface area contributed by atoms with Gasteiger partial charge in [0, 0.05) is 19.6 Å². The first-order valence-electron chi connectivity index (χ1n) is 11.8. The van der Waals surface area contributed by atoms with Crippen LogP contribution in [0, 0.1) is 12.3 Å². The van der Waals surface area contributed by atoms with Crippen molar-refractivity contribution < 1.29 is 20.5 Å². The number of halogens is 3. The van der Waals surface area contributed by atoms with Crippen LogP contribution < -0.4 is 9.75 Å². The average Bonchev–Trinajstić information content (AvgIpc) is 2.72. The van der Waals surface area contributed by atoms with E-state index in [1.54, 1.807) is 6.07 Å². The maximum absolute atomic E-state index is 13.9. The van der Waals surface area contributed by atoms with Gasteiger partial charge in [0.05, 0.1) is 13.5 Å². The van der Waals surface area contributed by atoms with Crippen LogP contribution in [-0.2, 0) is 13.4 Å². The summed E-state index contributed by atoms with van der Waals surface area (Å²) in [5.41, 5.74) is 1.14. The average molecular weight is 459 g/mol. The first-order valence-corrected chi connectivity index (χ1v) is 14.3. The molecule has 0 aliphatic heterocycles. The minimum Gasteiger partial charge on any atom is -0.201 e. The molecule has 1 aromatic heterocycles. The minimum atomic E-state index is -4.71. The number of aryl methyl sites for hydroxylation is 2. The molecule has 0 unspecified atom stereocenters. The van der Waals surface area contributed by atoms with Crippen LogP contribution in [0.3, 0.4) is 0 Å². The molecule has 0 aliphatic carbocycles. The van der Waals surface area contributed by atoms with Crippen molar-refractivity contribution in [1.29, 1.82) is 0 Å². The van der Waals surface area contributed by atoms with Gasteiger partial charge >= 0.3 is 6.18 Å². The lowest BCUT2D eigenvalue weighted by Crippen LogP contribution is -2.45. The SMILES string of the molecule is [2H]C([2H])(c1cc(C)c(-c2ccc([Si](C)(C)C)c[n+]2C)cc1-c1ccccc1)C(C)(C)C(F)(F)F. The predicted molar refractivity (Wildman–Crippen MR) is 130 cm³/mol. The van der Waals surface area contributed by atoms with Crippen LogP contribution in [0.5, 0.6) is 0 Å². The van der Waals surface area contributed by atoms with E-state index in [1.807, 2.05) is 50.4 Å². The van der Waals surface area contributed by atoms with Crippen LogP contribution in [0.1, 0.15) is 27.7 Å². The van der Waals surface area contributed by atoms with Crippen LogP contribution in [0.4, 0.5) is 13.2 Å². The maximum Gasteiger partial charge on any atom is 0.394 e. The Morgan fingerprint density at radius 1 is 0.938 bits per heavy atom. The molecule has 3 aromatic rings. The quantitative estimate of drug-likeness (QED) is 0.291. The van der Waals surface area contributed by atoms with Crippen molar-refractivity contribution in [3.05, 3.63) is 71.9 Å². The molecule has 0 aliphatic rings. The Balaban J connectivity index is 2.31. The highest BCUT2D eigenvalue weighted by molar-refractivity contribution is 6.88. The largest absolute Gasteiger partial charge is 0.394 e. The van der Waals surface area contributed by atoms with Gasteiger partial charge < -0.3 is 0 Å². The molecule has 3 rings (SSSR count). The first-order chi connectivity index (χ1) is 15.5. The number of benzene rings is 2. The van der Waals surface area contributed by atoms with Crippen LogP contribution in [0.15, 0.2) is 60.8 Å². The Kier molecular flexibility index (Phi) is 5.70. The third-order valence-corrected chi connectivity index (χ3v) is 7.91. The molecule has 2 aromatic carbocycles. The summed E-state index contributed by atoms with van der Waals surface area (Å²) < 4.78 is 61.2. The summed E-state index contributed by atoms with van der Waals surface area (Å²) >= 11 is 0. The lowest BCUT2D eigenvalue weighted by Gasteiger charge is -2.29. The highest BCUT2D eigenvalue weighted by Crippen LogP contribution is 2.43. The molecule has 0 spiro atoms. The van der Waals surface area contributed by atoms with Gasteiger partial charge in [-0.3, -0.25) is 0 Å². The second-order valence-electron chi connectivity index (χ2n) is 9.99. The van der Waals surface area contributed by atoms with Gasteiger partial charge in [0.1, 0.15) is 7.05 Å². The van der Waals surface area contributed by atoms with Gasteiger partial charge in [-0.05, 0) is 41.6 Å². The Labute approximate surface area is 193 Å². The maximum atomic E-state index is 13.9. The van der Waals surface area contributed by atoms with Crippen molar-refractivity contribution in [3.63, 3.8) is 0 Å². The van der Waals surface area contributed by atoms with Crippen molar-refractivity contribution in [3.8, 4) is 22.4 Å². The molecule has 32 heavy (non-hydrogen) atoms. The summed E-state index contributed by atoms with van der Waals surface area (Å²) in [7, 11) is 0.457. The van der Waals surface area contributed by atoms with E-state index in [0.717, 1.165) is 30.7 Å². The fraction of sp³-hybridized carbons (Fsp3) is 0.370. The first kappa shape index (κ1) is 21.4. The number of hydrogen-bond donors (Lipinski definition) is 0. The van der Waals surface area contributed by atoms with Gasteiger partial charge in [-0.15, -0.1) is 0 Å². The van der Waals surface area contributed by atoms with E-state index < -0.39 is 26.0 Å². The van der Waals surface area contributed by atoms with Crippen LogP contribution >= 0.6 is 0 Å². The highest BCUT2D eigenvalue weighted by Gasteiger charge is 2.47. The van der Waals surface area contributed by atoms with Crippen LogP contribution in [0.25, 0.3) is 22.4 Å². The number of aromatic nitrogens is 1. The molecular weight excluding hydrogens is 423 g/mol. The topological polar surface area (TPSA) is 3.88 Å². The Morgan fingerprint density at radius 2 is 1.56 bits per heavy atom. The Bertz CT molecular complexity index is 1200.